The molecular weight excluding hydrogens is 310 g/mol. The average Bonchev–Trinajstić information content (AvgIpc) is 3.13. The minimum atomic E-state index is -0.912. The molecule has 2 saturated heterocycles. The number of imide groups is 1. The molecule has 1 spiro atoms. The lowest BCUT2D eigenvalue weighted by Gasteiger charge is -2.20. The lowest BCUT2D eigenvalue weighted by molar-refractivity contribution is -0.128. The second-order valence-corrected chi connectivity index (χ2v) is 7.15. The summed E-state index contributed by atoms with van der Waals surface area (Å²) in [6.45, 7) is 0.773. The van der Waals surface area contributed by atoms with E-state index in [9.17, 15) is 14.4 Å². The average molecular weight is 325 g/mol. The van der Waals surface area contributed by atoms with E-state index in [2.05, 4.69) is 10.6 Å². The number of hydrogen-bond donors (Lipinski definition) is 2. The van der Waals surface area contributed by atoms with Gasteiger partial charge >= 0.3 is 6.03 Å². The molecule has 6 nitrogen and oxygen atoms in total. The molecule has 8 heteroatoms. The van der Waals surface area contributed by atoms with Gasteiger partial charge in [-0.2, -0.15) is 0 Å². The van der Waals surface area contributed by atoms with Crippen molar-refractivity contribution in [1.82, 2.24) is 15.5 Å². The zero-order valence-corrected chi connectivity index (χ0v) is 12.9. The first-order valence-corrected chi connectivity index (χ1v) is 8.64. The first-order chi connectivity index (χ1) is 10.1. The van der Waals surface area contributed by atoms with E-state index in [4.69, 9.17) is 0 Å². The van der Waals surface area contributed by atoms with Crippen molar-refractivity contribution in [2.45, 2.75) is 17.7 Å². The van der Waals surface area contributed by atoms with Crippen LogP contribution in [0.25, 0.3) is 0 Å². The molecular formula is C13H15N3O3S2. The van der Waals surface area contributed by atoms with E-state index in [-0.39, 0.29) is 18.4 Å². The van der Waals surface area contributed by atoms with Gasteiger partial charge in [0, 0.05) is 17.2 Å². The summed E-state index contributed by atoms with van der Waals surface area (Å²) in [5.74, 6) is 0.903. The first-order valence-electron chi connectivity index (χ1n) is 6.61. The van der Waals surface area contributed by atoms with Crippen LogP contribution >= 0.6 is 23.1 Å². The number of thiophene rings is 1. The van der Waals surface area contributed by atoms with Gasteiger partial charge < -0.3 is 10.2 Å². The number of likely N-dealkylation sites (tertiary alicyclic amines) is 1. The molecule has 2 aliphatic rings. The third kappa shape index (κ3) is 2.91. The zero-order chi connectivity index (χ0) is 14.9. The van der Waals surface area contributed by atoms with Crippen LogP contribution in [0, 0.1) is 0 Å². The lowest BCUT2D eigenvalue weighted by atomic mass is 10.00. The molecule has 3 rings (SSSR count). The minimum absolute atomic E-state index is 0.0161. The summed E-state index contributed by atoms with van der Waals surface area (Å²) in [7, 11) is 0. The van der Waals surface area contributed by atoms with Crippen LogP contribution in [0.3, 0.4) is 0 Å². The van der Waals surface area contributed by atoms with Gasteiger partial charge in [-0.05, 0) is 17.9 Å². The molecule has 1 aromatic heterocycles. The van der Waals surface area contributed by atoms with E-state index in [0.29, 0.717) is 18.7 Å². The fraction of sp³-hybridized carbons (Fsp3) is 0.462. The van der Waals surface area contributed by atoms with Crippen LogP contribution < -0.4 is 10.6 Å². The Bertz CT molecular complexity index is 575. The molecule has 0 aliphatic carbocycles. The van der Waals surface area contributed by atoms with Gasteiger partial charge in [0.05, 0.1) is 12.3 Å². The van der Waals surface area contributed by atoms with Crippen molar-refractivity contribution >= 4 is 40.9 Å². The number of nitrogens with zero attached hydrogens (tertiary/aromatic N) is 1. The Morgan fingerprint density at radius 3 is 3.00 bits per heavy atom. The maximum absolute atomic E-state index is 12.2. The number of rotatable bonds is 4. The second kappa shape index (κ2) is 5.69. The number of thioether (sulfide) groups is 1. The molecule has 21 heavy (non-hydrogen) atoms. The normalized spacial score (nSPS) is 24.5. The highest BCUT2D eigenvalue weighted by molar-refractivity contribution is 7.99. The zero-order valence-electron chi connectivity index (χ0n) is 11.3. The van der Waals surface area contributed by atoms with Crippen molar-refractivity contribution in [3.63, 3.8) is 0 Å². The van der Waals surface area contributed by atoms with Gasteiger partial charge in [0.1, 0.15) is 5.54 Å². The highest BCUT2D eigenvalue weighted by Crippen LogP contribution is 2.25. The molecule has 1 aromatic rings. The number of carbonyl (C=O) groups is 3. The van der Waals surface area contributed by atoms with Gasteiger partial charge in [-0.3, -0.25) is 14.9 Å². The quantitative estimate of drug-likeness (QED) is 0.803. The van der Waals surface area contributed by atoms with Crippen LogP contribution in [0.4, 0.5) is 4.79 Å². The van der Waals surface area contributed by atoms with Crippen LogP contribution in [0.5, 0.6) is 0 Å². The van der Waals surface area contributed by atoms with Gasteiger partial charge in [0.25, 0.3) is 5.91 Å². The van der Waals surface area contributed by atoms with Gasteiger partial charge in [-0.25, -0.2) is 4.79 Å². The molecule has 3 heterocycles. The Morgan fingerprint density at radius 1 is 1.48 bits per heavy atom. The number of urea groups is 1. The smallest absolute Gasteiger partial charge is 0.322 e. The maximum Gasteiger partial charge on any atom is 0.322 e. The summed E-state index contributed by atoms with van der Waals surface area (Å²) in [5, 5.41) is 6.90. The van der Waals surface area contributed by atoms with Gasteiger partial charge in [0.2, 0.25) is 5.91 Å². The van der Waals surface area contributed by atoms with Crippen LogP contribution in [0.15, 0.2) is 17.5 Å². The van der Waals surface area contributed by atoms with Crippen LogP contribution in [-0.2, 0) is 15.3 Å². The van der Waals surface area contributed by atoms with Crippen molar-refractivity contribution in [3.8, 4) is 0 Å². The fourth-order valence-electron chi connectivity index (χ4n) is 2.56. The van der Waals surface area contributed by atoms with E-state index in [1.54, 1.807) is 28.0 Å². The number of nitrogens with one attached hydrogen (secondary N) is 2. The third-order valence-corrected chi connectivity index (χ3v) is 5.71. The number of hydrogen-bond acceptors (Lipinski definition) is 5. The Hall–Kier alpha value is -1.54. The molecule has 112 valence electrons. The van der Waals surface area contributed by atoms with Crippen molar-refractivity contribution in [3.05, 3.63) is 22.4 Å². The highest BCUT2D eigenvalue weighted by Gasteiger charge is 2.51. The van der Waals surface area contributed by atoms with E-state index in [1.807, 2.05) is 17.5 Å². The van der Waals surface area contributed by atoms with E-state index >= 15 is 0 Å². The summed E-state index contributed by atoms with van der Waals surface area (Å²) in [4.78, 5) is 38.1. The predicted octanol–water partition coefficient (Wildman–Crippen LogP) is 0.792. The molecule has 0 bridgehead atoms. The molecule has 0 aromatic carbocycles. The van der Waals surface area contributed by atoms with Crippen molar-refractivity contribution in [2.24, 2.45) is 0 Å². The molecule has 1 unspecified atom stereocenters. The highest BCUT2D eigenvalue weighted by atomic mass is 32.2. The fourth-order valence-corrected chi connectivity index (χ4v) is 4.33. The summed E-state index contributed by atoms with van der Waals surface area (Å²) < 4.78 is 0. The van der Waals surface area contributed by atoms with E-state index in [0.717, 1.165) is 5.75 Å². The van der Waals surface area contributed by atoms with Gasteiger partial charge in [0.15, 0.2) is 0 Å². The molecule has 2 aliphatic heterocycles. The van der Waals surface area contributed by atoms with Crippen molar-refractivity contribution in [1.29, 1.82) is 0 Å². The van der Waals surface area contributed by atoms with E-state index < -0.39 is 11.6 Å². The molecule has 4 amide bonds. The Kier molecular flexibility index (Phi) is 3.90. The van der Waals surface area contributed by atoms with Gasteiger partial charge in [-0.15, -0.1) is 23.1 Å². The van der Waals surface area contributed by atoms with Crippen LogP contribution in [-0.4, -0.2) is 47.1 Å². The first kappa shape index (κ1) is 14.4. The Balaban J connectivity index is 1.50. The van der Waals surface area contributed by atoms with Crippen molar-refractivity contribution < 1.29 is 14.4 Å². The number of amides is 4. The summed E-state index contributed by atoms with van der Waals surface area (Å²) in [6.07, 6.45) is 0.478. The second-order valence-electron chi connectivity index (χ2n) is 5.13. The Morgan fingerprint density at radius 2 is 2.33 bits per heavy atom. The largest absolute Gasteiger partial charge is 0.339 e. The third-order valence-electron chi connectivity index (χ3n) is 3.69. The molecule has 2 N–H and O–H groups in total. The summed E-state index contributed by atoms with van der Waals surface area (Å²) in [5.41, 5.74) is -0.912. The minimum Gasteiger partial charge on any atom is -0.339 e. The summed E-state index contributed by atoms with van der Waals surface area (Å²) in [6, 6.07) is 3.57. The molecule has 2 fully saturated rings. The molecule has 0 radical (unpaired) electrons. The van der Waals surface area contributed by atoms with Crippen LogP contribution in [0.2, 0.25) is 0 Å². The lowest BCUT2D eigenvalue weighted by Crippen LogP contribution is -2.49. The number of carbonyl (C=O) groups excluding carboxylic acids is 3. The van der Waals surface area contributed by atoms with E-state index in [1.165, 1.54) is 4.88 Å². The SMILES string of the molecule is O=C1NC(=O)C2(CCN(C(=O)CSCc3cccs3)C2)N1. The topological polar surface area (TPSA) is 78.5 Å². The van der Waals surface area contributed by atoms with Gasteiger partial charge in [-0.1, -0.05) is 6.07 Å². The predicted molar refractivity (Wildman–Crippen MR) is 81.1 cm³/mol. The molecule has 0 saturated carbocycles. The Labute approximate surface area is 130 Å². The summed E-state index contributed by atoms with van der Waals surface area (Å²) >= 11 is 3.25. The maximum atomic E-state index is 12.2. The monoisotopic (exact) mass is 325 g/mol. The van der Waals surface area contributed by atoms with Crippen LogP contribution in [0.1, 0.15) is 11.3 Å². The molecule has 1 atom stereocenters. The van der Waals surface area contributed by atoms with Crippen molar-refractivity contribution in [2.75, 3.05) is 18.8 Å². The standard InChI is InChI=1S/C13H15N3O3S2/c17-10(7-20-6-9-2-1-5-21-9)16-4-3-13(8-16)11(18)14-12(19)15-13/h1-2,5H,3-4,6-8H2,(H2,14,15,18,19).